The van der Waals surface area contributed by atoms with Crippen LogP contribution in [0, 0.1) is 34.0 Å². The Morgan fingerprint density at radius 2 is 1.87 bits per heavy atom. The van der Waals surface area contributed by atoms with E-state index in [4.69, 9.17) is 18.9 Å². The molecule has 1 saturated heterocycles. The molecule has 1 heterocycles. The molecule has 0 aromatic heterocycles. The number of carbonyl (C=O) groups is 1. The average molecular weight is 439 g/mol. The van der Waals surface area contributed by atoms with Crippen LogP contribution in [0.2, 0.25) is 0 Å². The Balaban J connectivity index is 1.84. The third-order valence-electron chi connectivity index (χ3n) is 9.93. The van der Waals surface area contributed by atoms with Crippen molar-refractivity contribution in [2.45, 2.75) is 97.7 Å². The van der Waals surface area contributed by atoms with Crippen LogP contribution in [0.25, 0.3) is 0 Å². The maximum atomic E-state index is 13.3. The minimum Gasteiger partial charge on any atom is -0.393 e. The first-order valence-electron chi connectivity index (χ1n) is 12.1. The van der Waals surface area contributed by atoms with E-state index in [2.05, 4.69) is 27.7 Å². The summed E-state index contributed by atoms with van der Waals surface area (Å²) in [7, 11) is 1.64. The predicted molar refractivity (Wildman–Crippen MR) is 116 cm³/mol. The molecule has 3 saturated carbocycles. The van der Waals surface area contributed by atoms with Gasteiger partial charge in [0.15, 0.2) is 5.79 Å². The number of methoxy groups -OCH3 is 1. The summed E-state index contributed by atoms with van der Waals surface area (Å²) in [4.78, 5) is 13.3. The van der Waals surface area contributed by atoms with Crippen molar-refractivity contribution < 1.29 is 28.8 Å². The maximum absolute atomic E-state index is 13.3. The second-order valence-corrected chi connectivity index (χ2v) is 11.8. The number of ketones is 1. The fourth-order valence-electron chi connectivity index (χ4n) is 7.95. The molecule has 178 valence electrons. The highest BCUT2D eigenvalue weighted by molar-refractivity contribution is 5.85. The molecule has 4 rings (SSSR count). The lowest BCUT2D eigenvalue weighted by molar-refractivity contribution is -0.246. The Labute approximate surface area is 187 Å². The van der Waals surface area contributed by atoms with Gasteiger partial charge in [-0.3, -0.25) is 4.79 Å². The van der Waals surface area contributed by atoms with Gasteiger partial charge in [0.1, 0.15) is 12.6 Å². The molecule has 3 unspecified atom stereocenters. The molecular formula is C25H42O6. The summed E-state index contributed by atoms with van der Waals surface area (Å²) in [5.41, 5.74) is -1.08. The highest BCUT2D eigenvalue weighted by Gasteiger charge is 2.69. The van der Waals surface area contributed by atoms with Crippen LogP contribution in [0.4, 0.5) is 0 Å². The number of hydrogen-bond acceptors (Lipinski definition) is 6. The van der Waals surface area contributed by atoms with Gasteiger partial charge in [-0.2, -0.15) is 0 Å². The second kappa shape index (κ2) is 7.76. The highest BCUT2D eigenvalue weighted by Crippen LogP contribution is 2.68. The van der Waals surface area contributed by atoms with E-state index in [1.165, 1.54) is 0 Å². The number of aliphatic hydroxyl groups excluding tert-OH is 1. The first-order chi connectivity index (χ1) is 14.4. The van der Waals surface area contributed by atoms with E-state index in [0.29, 0.717) is 25.2 Å². The molecule has 4 fully saturated rings. The molecule has 3 aliphatic carbocycles. The lowest BCUT2D eigenvalue weighted by atomic mass is 9.43. The molecule has 0 radical (unpaired) electrons. The molecule has 1 aliphatic heterocycles. The second-order valence-electron chi connectivity index (χ2n) is 11.8. The Morgan fingerprint density at radius 3 is 2.48 bits per heavy atom. The van der Waals surface area contributed by atoms with E-state index in [1.54, 1.807) is 7.11 Å². The molecule has 0 spiro atoms. The summed E-state index contributed by atoms with van der Waals surface area (Å²) in [5, 5.41) is 11.8. The van der Waals surface area contributed by atoms with Crippen LogP contribution < -0.4 is 0 Å². The Kier molecular flexibility index (Phi) is 5.92. The third-order valence-corrected chi connectivity index (χ3v) is 9.93. The molecule has 6 heteroatoms. The van der Waals surface area contributed by atoms with Gasteiger partial charge in [-0.15, -0.1) is 0 Å². The number of carbonyl (C=O) groups excluding carboxylic acids is 1. The van der Waals surface area contributed by atoms with Crippen LogP contribution >= 0.6 is 0 Å². The molecule has 2 bridgehead atoms. The fraction of sp³-hybridized carbons (Fsp3) is 0.960. The summed E-state index contributed by atoms with van der Waals surface area (Å²) in [6, 6.07) is 0. The maximum Gasteiger partial charge on any atom is 0.163 e. The van der Waals surface area contributed by atoms with Crippen molar-refractivity contribution in [3.05, 3.63) is 0 Å². The first kappa shape index (κ1) is 23.6. The molecule has 0 amide bonds. The van der Waals surface area contributed by atoms with E-state index < -0.39 is 22.7 Å². The van der Waals surface area contributed by atoms with Crippen molar-refractivity contribution >= 4 is 5.78 Å². The molecular weight excluding hydrogens is 396 g/mol. The van der Waals surface area contributed by atoms with Crippen molar-refractivity contribution in [1.29, 1.82) is 0 Å². The molecule has 1 N–H and O–H groups in total. The Bertz CT molecular complexity index is 708. The van der Waals surface area contributed by atoms with Gasteiger partial charge in [0.25, 0.3) is 0 Å². The van der Waals surface area contributed by atoms with Gasteiger partial charge in [0, 0.05) is 30.3 Å². The molecule has 31 heavy (non-hydrogen) atoms. The molecule has 0 aromatic rings. The molecule has 9 atom stereocenters. The zero-order valence-corrected chi connectivity index (χ0v) is 20.4. The molecule has 0 aromatic carbocycles. The lowest BCUT2D eigenvalue weighted by Crippen LogP contribution is -2.65. The van der Waals surface area contributed by atoms with E-state index in [-0.39, 0.29) is 42.2 Å². The van der Waals surface area contributed by atoms with Gasteiger partial charge in [0.2, 0.25) is 0 Å². The van der Waals surface area contributed by atoms with Gasteiger partial charge >= 0.3 is 0 Å². The standard InChI is InChI=1S/C25H42O6/c1-15-8-10-25-11-9-17(26)20(25)24(15,6)18(27)12-23(5,19-13-30-22(3,4)31-19)21(16(25)2)29-14-28-7/h15-16,18-21,27H,8-14H2,1-7H3/t15-,16+,18-,19?,20?,21+,23+,24+,25?/m1/s1. The smallest absolute Gasteiger partial charge is 0.163 e. The van der Waals surface area contributed by atoms with Gasteiger partial charge in [-0.25, -0.2) is 0 Å². The minimum atomic E-state index is -0.659. The quantitative estimate of drug-likeness (QED) is 0.671. The Hall–Kier alpha value is -0.530. The topological polar surface area (TPSA) is 74.2 Å². The van der Waals surface area contributed by atoms with Crippen LogP contribution in [-0.2, 0) is 23.7 Å². The largest absolute Gasteiger partial charge is 0.393 e. The zero-order chi connectivity index (χ0) is 22.8. The summed E-state index contributed by atoms with van der Waals surface area (Å²) in [6.07, 6.45) is 3.00. The number of aliphatic hydroxyl groups is 1. The van der Waals surface area contributed by atoms with Crippen molar-refractivity contribution in [3.63, 3.8) is 0 Å². The third kappa shape index (κ3) is 3.35. The molecule has 4 aliphatic rings. The average Bonchev–Trinajstić information content (AvgIpc) is 3.25. The van der Waals surface area contributed by atoms with Gasteiger partial charge in [-0.1, -0.05) is 27.7 Å². The van der Waals surface area contributed by atoms with E-state index >= 15 is 0 Å². The summed E-state index contributed by atoms with van der Waals surface area (Å²) >= 11 is 0. The Morgan fingerprint density at radius 1 is 1.16 bits per heavy atom. The van der Waals surface area contributed by atoms with E-state index in [0.717, 1.165) is 19.3 Å². The minimum absolute atomic E-state index is 0.121. The highest BCUT2D eigenvalue weighted by atomic mass is 16.7. The SMILES string of the molecule is COCO[C@H]1[C@H](C)C23CCC(=O)C2[C@@](C)([C@H](C)CC3)[C@H](O)C[C@@]1(C)C1COC(C)(C)O1. The van der Waals surface area contributed by atoms with Gasteiger partial charge in [-0.05, 0) is 56.8 Å². The van der Waals surface area contributed by atoms with Crippen LogP contribution in [0.5, 0.6) is 0 Å². The van der Waals surface area contributed by atoms with Crippen molar-refractivity contribution in [3.8, 4) is 0 Å². The van der Waals surface area contributed by atoms with E-state index in [1.807, 2.05) is 13.8 Å². The number of ether oxygens (including phenoxy) is 4. The summed E-state index contributed by atoms with van der Waals surface area (Å²) < 4.78 is 24.1. The van der Waals surface area contributed by atoms with Crippen molar-refractivity contribution in [2.24, 2.45) is 34.0 Å². The fourth-order valence-corrected chi connectivity index (χ4v) is 7.95. The first-order valence-corrected chi connectivity index (χ1v) is 12.1. The van der Waals surface area contributed by atoms with Crippen LogP contribution in [0.15, 0.2) is 0 Å². The number of rotatable bonds is 4. The molecule has 6 nitrogen and oxygen atoms in total. The summed E-state index contributed by atoms with van der Waals surface area (Å²) in [6.45, 7) is 13.4. The normalized spacial score (nSPS) is 51.9. The number of Topliss-reactive ketones (excluding diaryl/α,β-unsaturated/α-hetero) is 1. The van der Waals surface area contributed by atoms with E-state index in [9.17, 15) is 9.90 Å². The monoisotopic (exact) mass is 438 g/mol. The zero-order valence-electron chi connectivity index (χ0n) is 20.4. The van der Waals surface area contributed by atoms with Crippen LogP contribution in [0.3, 0.4) is 0 Å². The predicted octanol–water partition coefficient (Wildman–Crippen LogP) is 3.94. The van der Waals surface area contributed by atoms with Crippen molar-refractivity contribution in [1.82, 2.24) is 0 Å². The number of hydrogen-bond donors (Lipinski definition) is 1. The lowest BCUT2D eigenvalue weighted by Gasteiger charge is -2.62. The van der Waals surface area contributed by atoms with Crippen molar-refractivity contribution in [2.75, 3.05) is 20.5 Å². The summed E-state index contributed by atoms with van der Waals surface area (Å²) in [5.74, 6) is -0.0315. The van der Waals surface area contributed by atoms with Crippen LogP contribution in [0.1, 0.15) is 73.6 Å². The van der Waals surface area contributed by atoms with Gasteiger partial charge < -0.3 is 24.1 Å². The van der Waals surface area contributed by atoms with Gasteiger partial charge in [0.05, 0.1) is 24.9 Å². The van der Waals surface area contributed by atoms with Crippen LogP contribution in [-0.4, -0.2) is 55.5 Å².